The molecule has 196 valence electrons. The lowest BCUT2D eigenvalue weighted by Gasteiger charge is -2.16. The van der Waals surface area contributed by atoms with Crippen LogP contribution >= 0.6 is 0 Å². The second kappa shape index (κ2) is 11.1. The number of fused-ring (bicyclic) bond motifs is 2. The summed E-state index contributed by atoms with van der Waals surface area (Å²) in [5.74, 6) is 0.975. The van der Waals surface area contributed by atoms with Crippen molar-refractivity contribution in [2.45, 2.75) is 26.7 Å². The van der Waals surface area contributed by atoms with E-state index < -0.39 is 6.16 Å². The van der Waals surface area contributed by atoms with Gasteiger partial charge in [0, 0.05) is 21.9 Å². The molecule has 6 aromatic rings. The molecule has 0 fully saturated rings. The van der Waals surface area contributed by atoms with Crippen molar-refractivity contribution in [1.29, 1.82) is 0 Å². The summed E-state index contributed by atoms with van der Waals surface area (Å²) in [7, 11) is 0. The minimum atomic E-state index is -0.773. The summed E-state index contributed by atoms with van der Waals surface area (Å²) in [5.41, 5.74) is 6.14. The molecule has 0 N–H and O–H groups in total. The van der Waals surface area contributed by atoms with E-state index in [2.05, 4.69) is 74.5 Å². The summed E-state index contributed by atoms with van der Waals surface area (Å²) < 4.78 is 12.2. The first-order valence-electron chi connectivity index (χ1n) is 13.8. The fourth-order valence-electron chi connectivity index (χ4n) is 5.19. The van der Waals surface area contributed by atoms with E-state index in [9.17, 15) is 4.79 Å². The van der Waals surface area contributed by atoms with Gasteiger partial charge in [-0.2, -0.15) is 0 Å². The average molecular weight is 523 g/mol. The highest BCUT2D eigenvalue weighted by molar-refractivity contribution is 5.99. The van der Waals surface area contributed by atoms with Crippen LogP contribution < -0.4 is 9.47 Å². The van der Waals surface area contributed by atoms with E-state index in [1.807, 2.05) is 60.7 Å². The van der Waals surface area contributed by atoms with Gasteiger partial charge in [-0.05, 0) is 58.0 Å². The van der Waals surface area contributed by atoms with Gasteiger partial charge < -0.3 is 9.47 Å². The molecule has 6 rings (SSSR count). The number of aryl methyl sites for hydroxylation is 2. The lowest BCUT2D eigenvalue weighted by molar-refractivity contribution is 0.153. The molecule has 0 aliphatic carbocycles. The van der Waals surface area contributed by atoms with Gasteiger partial charge in [0.05, 0.1) is 0 Å². The predicted molar refractivity (Wildman–Crippen MR) is 164 cm³/mol. The van der Waals surface area contributed by atoms with Crippen LogP contribution in [0.4, 0.5) is 4.79 Å². The van der Waals surface area contributed by atoms with Gasteiger partial charge in [0.25, 0.3) is 0 Å². The van der Waals surface area contributed by atoms with Crippen LogP contribution in [-0.4, -0.2) is 6.16 Å². The van der Waals surface area contributed by atoms with Crippen molar-refractivity contribution in [3.63, 3.8) is 0 Å². The van der Waals surface area contributed by atoms with Crippen molar-refractivity contribution in [3.8, 4) is 33.8 Å². The molecule has 0 bridgehead atoms. The maximum Gasteiger partial charge on any atom is 0.519 e. The lowest BCUT2D eigenvalue weighted by Crippen LogP contribution is -2.15. The molecule has 40 heavy (non-hydrogen) atoms. The molecule has 0 saturated heterocycles. The average Bonchev–Trinajstić information content (AvgIpc) is 3.01. The van der Waals surface area contributed by atoms with Gasteiger partial charge in [0.15, 0.2) is 0 Å². The molecule has 0 aliphatic rings. The third kappa shape index (κ3) is 4.94. The Hall–Kier alpha value is -4.89. The summed E-state index contributed by atoms with van der Waals surface area (Å²) in [6, 6.07) is 40.7. The summed E-state index contributed by atoms with van der Waals surface area (Å²) >= 11 is 0. The first-order chi connectivity index (χ1) is 19.6. The fourth-order valence-corrected chi connectivity index (χ4v) is 5.19. The smallest absolute Gasteiger partial charge is 0.393 e. The molecule has 0 aromatic heterocycles. The van der Waals surface area contributed by atoms with E-state index in [1.54, 1.807) is 0 Å². The standard InChI is InChI=1S/C37H30O3/c1-3-25-13-17-29(18-14-25)33-23-21-27-9-5-7-11-31(27)35(33)39-37(38)40-36-32-12-8-6-10-28(32)22-24-34(36)30-19-15-26(4-2)16-20-30/h5-24H,3-4H2,1-2H3. The second-order valence-corrected chi connectivity index (χ2v) is 9.88. The highest BCUT2D eigenvalue weighted by atomic mass is 16.7. The molecule has 0 spiro atoms. The Morgan fingerprint density at radius 3 is 1.30 bits per heavy atom. The zero-order valence-corrected chi connectivity index (χ0v) is 22.7. The SMILES string of the molecule is CCc1ccc(-c2ccc3ccccc3c2OC(=O)Oc2c(-c3ccc(CC)cc3)ccc3ccccc23)cc1. The van der Waals surface area contributed by atoms with Crippen molar-refractivity contribution < 1.29 is 14.3 Å². The quantitative estimate of drug-likeness (QED) is 0.161. The Labute approximate surface area is 234 Å². The summed E-state index contributed by atoms with van der Waals surface area (Å²) in [5, 5.41) is 3.68. The fraction of sp³-hybridized carbons (Fsp3) is 0.108. The van der Waals surface area contributed by atoms with Gasteiger partial charge >= 0.3 is 6.16 Å². The zero-order chi connectivity index (χ0) is 27.5. The van der Waals surface area contributed by atoms with Crippen LogP contribution in [-0.2, 0) is 12.8 Å². The van der Waals surface area contributed by atoms with Crippen molar-refractivity contribution >= 4 is 27.7 Å². The van der Waals surface area contributed by atoms with E-state index in [0.717, 1.165) is 56.6 Å². The number of benzene rings is 6. The maximum atomic E-state index is 13.6. The molecule has 0 radical (unpaired) electrons. The van der Waals surface area contributed by atoms with Crippen molar-refractivity contribution in [1.82, 2.24) is 0 Å². The largest absolute Gasteiger partial charge is 0.519 e. The second-order valence-electron chi connectivity index (χ2n) is 9.88. The minimum Gasteiger partial charge on any atom is -0.393 e. The molecule has 0 amide bonds. The van der Waals surface area contributed by atoms with Crippen molar-refractivity contribution in [3.05, 3.63) is 132 Å². The van der Waals surface area contributed by atoms with Gasteiger partial charge in [0.1, 0.15) is 11.5 Å². The molecule has 0 aliphatic heterocycles. The first kappa shape index (κ1) is 25.4. The zero-order valence-electron chi connectivity index (χ0n) is 22.7. The number of rotatable bonds is 6. The van der Waals surface area contributed by atoms with Gasteiger partial charge in [-0.3, -0.25) is 0 Å². The third-order valence-electron chi connectivity index (χ3n) is 7.48. The van der Waals surface area contributed by atoms with Crippen LogP contribution in [0, 0.1) is 0 Å². The van der Waals surface area contributed by atoms with Gasteiger partial charge in [-0.15, -0.1) is 0 Å². The van der Waals surface area contributed by atoms with Crippen molar-refractivity contribution in [2.24, 2.45) is 0 Å². The van der Waals surface area contributed by atoms with Crippen LogP contribution in [0.3, 0.4) is 0 Å². The molecule has 3 heteroatoms. The molecule has 0 atom stereocenters. The van der Waals surface area contributed by atoms with Crippen LogP contribution in [0.15, 0.2) is 121 Å². The topological polar surface area (TPSA) is 35.5 Å². The Bertz CT molecular complexity index is 1680. The third-order valence-corrected chi connectivity index (χ3v) is 7.48. The number of ether oxygens (including phenoxy) is 2. The van der Waals surface area contributed by atoms with Crippen LogP contribution in [0.2, 0.25) is 0 Å². The van der Waals surface area contributed by atoms with Gasteiger partial charge in [-0.25, -0.2) is 4.79 Å². The molecule has 0 unspecified atom stereocenters. The van der Waals surface area contributed by atoms with Crippen LogP contribution in [0.1, 0.15) is 25.0 Å². The summed E-state index contributed by atoms with van der Waals surface area (Å²) in [6.07, 6.45) is 1.15. The molecular formula is C37H30O3. The molecule has 0 saturated carbocycles. The Morgan fingerprint density at radius 1 is 0.500 bits per heavy atom. The summed E-state index contributed by atoms with van der Waals surface area (Å²) in [4.78, 5) is 13.6. The Kier molecular flexibility index (Phi) is 7.03. The normalized spacial score (nSPS) is 11.1. The molecular weight excluding hydrogens is 492 g/mol. The van der Waals surface area contributed by atoms with E-state index >= 15 is 0 Å². The number of hydrogen-bond donors (Lipinski definition) is 0. The molecule has 6 aromatic carbocycles. The number of carbonyl (C=O) groups is 1. The Morgan fingerprint density at radius 2 is 0.900 bits per heavy atom. The van der Waals surface area contributed by atoms with Gasteiger partial charge in [0.2, 0.25) is 0 Å². The predicted octanol–water partition coefficient (Wildman–Crippen LogP) is 10.0. The first-order valence-corrected chi connectivity index (χ1v) is 13.8. The monoisotopic (exact) mass is 522 g/mol. The highest BCUT2D eigenvalue weighted by Crippen LogP contribution is 2.40. The lowest BCUT2D eigenvalue weighted by atomic mass is 9.98. The van der Waals surface area contributed by atoms with Crippen LogP contribution in [0.25, 0.3) is 43.8 Å². The maximum absolute atomic E-state index is 13.6. The van der Waals surface area contributed by atoms with E-state index in [0.29, 0.717) is 11.5 Å². The Balaban J connectivity index is 1.42. The van der Waals surface area contributed by atoms with Crippen LogP contribution in [0.5, 0.6) is 11.5 Å². The van der Waals surface area contributed by atoms with Gasteiger partial charge in [-0.1, -0.05) is 123 Å². The molecule has 0 heterocycles. The number of carbonyl (C=O) groups excluding carboxylic acids is 1. The molecule has 3 nitrogen and oxygen atoms in total. The highest BCUT2D eigenvalue weighted by Gasteiger charge is 2.20. The minimum absolute atomic E-state index is 0.487. The summed E-state index contributed by atoms with van der Waals surface area (Å²) in [6.45, 7) is 4.27. The number of hydrogen-bond acceptors (Lipinski definition) is 3. The van der Waals surface area contributed by atoms with Crippen molar-refractivity contribution in [2.75, 3.05) is 0 Å². The van der Waals surface area contributed by atoms with E-state index in [4.69, 9.17) is 9.47 Å². The van der Waals surface area contributed by atoms with E-state index in [-0.39, 0.29) is 0 Å². The van der Waals surface area contributed by atoms with E-state index in [1.165, 1.54) is 11.1 Å².